The first-order chi connectivity index (χ1) is 13.5. The standard InChI is InChI=1S/C21H19N3O4/c1-14-18(21(26)27)12-22-24(14)17-8-6-15(7-9-17)20(25)23-10-11-28-19-5-3-2-4-16(19)13-23/h2-9,12H,10-11,13H2,1H3,(H,26,27). The smallest absolute Gasteiger partial charge is 0.339 e. The van der Waals surface area contributed by atoms with E-state index in [1.807, 2.05) is 24.3 Å². The van der Waals surface area contributed by atoms with E-state index in [1.165, 1.54) is 6.20 Å². The number of nitrogens with zero attached hydrogens (tertiary/aromatic N) is 3. The third-order valence-electron chi connectivity index (χ3n) is 4.84. The topological polar surface area (TPSA) is 84.7 Å². The van der Waals surface area contributed by atoms with Crippen molar-refractivity contribution in [3.63, 3.8) is 0 Å². The first-order valence-corrected chi connectivity index (χ1v) is 8.93. The summed E-state index contributed by atoms with van der Waals surface area (Å²) in [4.78, 5) is 25.9. The molecular formula is C21H19N3O4. The summed E-state index contributed by atoms with van der Waals surface area (Å²) in [5.41, 5.74) is 2.94. The highest BCUT2D eigenvalue weighted by molar-refractivity contribution is 5.94. The minimum absolute atomic E-state index is 0.0738. The Bertz CT molecular complexity index is 1040. The van der Waals surface area contributed by atoms with Gasteiger partial charge in [-0.1, -0.05) is 18.2 Å². The number of hydrogen-bond donors (Lipinski definition) is 1. The average molecular weight is 377 g/mol. The molecule has 1 aliphatic heterocycles. The Morgan fingerprint density at radius 2 is 1.86 bits per heavy atom. The molecule has 0 saturated heterocycles. The van der Waals surface area contributed by atoms with Gasteiger partial charge in [0, 0.05) is 17.7 Å². The van der Waals surface area contributed by atoms with Crippen molar-refractivity contribution in [3.05, 3.63) is 77.1 Å². The van der Waals surface area contributed by atoms with E-state index >= 15 is 0 Å². The van der Waals surface area contributed by atoms with Gasteiger partial charge >= 0.3 is 5.97 Å². The maximum absolute atomic E-state index is 12.9. The summed E-state index contributed by atoms with van der Waals surface area (Å²) in [6.07, 6.45) is 1.32. The molecule has 2 aromatic carbocycles. The molecule has 0 radical (unpaired) electrons. The lowest BCUT2D eigenvalue weighted by atomic mass is 10.1. The quantitative estimate of drug-likeness (QED) is 0.759. The number of para-hydroxylation sites is 1. The van der Waals surface area contributed by atoms with Crippen molar-refractivity contribution in [3.8, 4) is 11.4 Å². The van der Waals surface area contributed by atoms with Crippen LogP contribution in [0.25, 0.3) is 5.69 Å². The van der Waals surface area contributed by atoms with Crippen LogP contribution in [0.5, 0.6) is 5.75 Å². The van der Waals surface area contributed by atoms with Crippen LogP contribution in [0.2, 0.25) is 0 Å². The number of amides is 1. The molecule has 0 spiro atoms. The van der Waals surface area contributed by atoms with Crippen LogP contribution in [0.3, 0.4) is 0 Å². The molecule has 28 heavy (non-hydrogen) atoms. The molecule has 0 fully saturated rings. The van der Waals surface area contributed by atoms with Crippen molar-refractivity contribution in [2.24, 2.45) is 0 Å². The van der Waals surface area contributed by atoms with Gasteiger partial charge in [-0.2, -0.15) is 5.10 Å². The van der Waals surface area contributed by atoms with Gasteiger partial charge in [0.1, 0.15) is 17.9 Å². The molecule has 7 heteroatoms. The number of aromatic carboxylic acids is 1. The van der Waals surface area contributed by atoms with Crippen LogP contribution >= 0.6 is 0 Å². The molecular weight excluding hydrogens is 358 g/mol. The fourth-order valence-corrected chi connectivity index (χ4v) is 3.31. The van der Waals surface area contributed by atoms with Crippen LogP contribution in [0.15, 0.2) is 54.7 Å². The largest absolute Gasteiger partial charge is 0.491 e. The molecule has 4 rings (SSSR count). The molecule has 142 valence electrons. The average Bonchev–Trinajstić information content (AvgIpc) is 2.96. The fraction of sp³-hybridized carbons (Fsp3) is 0.190. The summed E-state index contributed by atoms with van der Waals surface area (Å²) >= 11 is 0. The second kappa shape index (κ2) is 7.19. The van der Waals surface area contributed by atoms with E-state index in [2.05, 4.69) is 5.10 Å². The number of hydrogen-bond acceptors (Lipinski definition) is 4. The second-order valence-electron chi connectivity index (χ2n) is 6.59. The van der Waals surface area contributed by atoms with E-state index in [0.29, 0.717) is 36.6 Å². The zero-order chi connectivity index (χ0) is 19.7. The minimum atomic E-state index is -1.01. The second-order valence-corrected chi connectivity index (χ2v) is 6.59. The highest BCUT2D eigenvalue weighted by Gasteiger charge is 2.21. The number of rotatable bonds is 3. The fourth-order valence-electron chi connectivity index (χ4n) is 3.31. The summed E-state index contributed by atoms with van der Waals surface area (Å²) < 4.78 is 7.27. The lowest BCUT2D eigenvalue weighted by Crippen LogP contribution is -2.32. The summed E-state index contributed by atoms with van der Waals surface area (Å²) in [6.45, 7) is 3.15. The van der Waals surface area contributed by atoms with Crippen LogP contribution < -0.4 is 4.74 Å². The number of benzene rings is 2. The number of carbonyl (C=O) groups is 2. The van der Waals surface area contributed by atoms with Gasteiger partial charge in [-0.05, 0) is 37.3 Å². The summed E-state index contributed by atoms with van der Waals surface area (Å²) in [5, 5.41) is 13.3. The normalized spacial score (nSPS) is 13.4. The van der Waals surface area contributed by atoms with E-state index in [4.69, 9.17) is 9.84 Å². The van der Waals surface area contributed by atoms with Gasteiger partial charge in [0.2, 0.25) is 0 Å². The highest BCUT2D eigenvalue weighted by Crippen LogP contribution is 2.24. The molecule has 0 aliphatic carbocycles. The maximum Gasteiger partial charge on any atom is 0.339 e. The first-order valence-electron chi connectivity index (χ1n) is 8.93. The zero-order valence-corrected chi connectivity index (χ0v) is 15.3. The number of aromatic nitrogens is 2. The van der Waals surface area contributed by atoms with Crippen LogP contribution in [-0.4, -0.2) is 44.8 Å². The monoisotopic (exact) mass is 377 g/mol. The Morgan fingerprint density at radius 1 is 1.11 bits per heavy atom. The van der Waals surface area contributed by atoms with Crippen LogP contribution in [0, 0.1) is 6.92 Å². The Labute approximate surface area is 161 Å². The molecule has 2 heterocycles. The molecule has 1 amide bonds. The Morgan fingerprint density at radius 3 is 2.57 bits per heavy atom. The van der Waals surface area contributed by atoms with Gasteiger partial charge in [0.15, 0.2) is 0 Å². The first kappa shape index (κ1) is 17.8. The zero-order valence-electron chi connectivity index (χ0n) is 15.3. The van der Waals surface area contributed by atoms with E-state index in [9.17, 15) is 9.59 Å². The highest BCUT2D eigenvalue weighted by atomic mass is 16.5. The van der Waals surface area contributed by atoms with Gasteiger partial charge in [-0.3, -0.25) is 4.79 Å². The molecule has 1 N–H and O–H groups in total. The van der Waals surface area contributed by atoms with E-state index in [-0.39, 0.29) is 11.5 Å². The predicted molar refractivity (Wildman–Crippen MR) is 102 cm³/mol. The number of carbonyl (C=O) groups excluding carboxylic acids is 1. The lowest BCUT2D eigenvalue weighted by Gasteiger charge is -2.20. The molecule has 3 aromatic rings. The van der Waals surface area contributed by atoms with Crippen LogP contribution in [0.1, 0.15) is 32.0 Å². The van der Waals surface area contributed by atoms with E-state index in [1.54, 1.807) is 40.8 Å². The summed E-state index contributed by atoms with van der Waals surface area (Å²) in [5.74, 6) is -0.272. The Hall–Kier alpha value is -3.61. The van der Waals surface area contributed by atoms with Crippen molar-refractivity contribution in [1.29, 1.82) is 0 Å². The molecule has 1 aliphatic rings. The van der Waals surface area contributed by atoms with Crippen LogP contribution in [-0.2, 0) is 6.54 Å². The Balaban J connectivity index is 1.56. The number of carboxylic acid groups (broad SMARTS) is 1. The minimum Gasteiger partial charge on any atom is -0.491 e. The molecule has 1 aromatic heterocycles. The summed E-state index contributed by atoms with van der Waals surface area (Å²) in [7, 11) is 0. The number of ether oxygens (including phenoxy) is 1. The lowest BCUT2D eigenvalue weighted by molar-refractivity contribution is 0.0694. The van der Waals surface area contributed by atoms with Crippen molar-refractivity contribution in [2.75, 3.05) is 13.2 Å². The van der Waals surface area contributed by atoms with E-state index in [0.717, 1.165) is 11.3 Å². The van der Waals surface area contributed by atoms with Crippen molar-refractivity contribution >= 4 is 11.9 Å². The third-order valence-corrected chi connectivity index (χ3v) is 4.84. The molecule has 0 unspecified atom stereocenters. The predicted octanol–water partition coefficient (Wildman–Crippen LogP) is 2.91. The van der Waals surface area contributed by atoms with Gasteiger partial charge in [0.25, 0.3) is 5.91 Å². The van der Waals surface area contributed by atoms with E-state index < -0.39 is 5.97 Å². The van der Waals surface area contributed by atoms with Gasteiger partial charge < -0.3 is 14.7 Å². The van der Waals surface area contributed by atoms with Crippen molar-refractivity contribution < 1.29 is 19.4 Å². The number of fused-ring (bicyclic) bond motifs is 1. The van der Waals surface area contributed by atoms with Gasteiger partial charge in [-0.15, -0.1) is 0 Å². The SMILES string of the molecule is Cc1c(C(=O)O)cnn1-c1ccc(C(=O)N2CCOc3ccccc3C2)cc1. The molecule has 0 saturated carbocycles. The summed E-state index contributed by atoms with van der Waals surface area (Å²) in [6, 6.07) is 14.7. The van der Waals surface area contributed by atoms with Crippen molar-refractivity contribution in [1.82, 2.24) is 14.7 Å². The molecule has 0 bridgehead atoms. The molecule has 0 atom stereocenters. The maximum atomic E-state index is 12.9. The van der Waals surface area contributed by atoms with Crippen molar-refractivity contribution in [2.45, 2.75) is 13.5 Å². The molecule has 7 nitrogen and oxygen atoms in total. The Kier molecular flexibility index (Phi) is 4.57. The van der Waals surface area contributed by atoms with Crippen LogP contribution in [0.4, 0.5) is 0 Å². The van der Waals surface area contributed by atoms with Gasteiger partial charge in [-0.25, -0.2) is 9.48 Å². The third kappa shape index (κ3) is 3.22. The van der Waals surface area contributed by atoms with Gasteiger partial charge in [0.05, 0.1) is 24.1 Å². The number of carboxylic acids is 1.